The van der Waals surface area contributed by atoms with Crippen molar-refractivity contribution in [3.8, 4) is 0 Å². The Labute approximate surface area is 153 Å². The molecule has 2 aromatic rings. The molecule has 136 valence electrons. The minimum absolute atomic E-state index is 0.00801. The fourth-order valence-corrected chi connectivity index (χ4v) is 3.58. The van der Waals surface area contributed by atoms with E-state index in [2.05, 4.69) is 0 Å². The van der Waals surface area contributed by atoms with Crippen molar-refractivity contribution in [2.75, 3.05) is 13.1 Å². The second kappa shape index (κ2) is 8.15. The number of rotatable bonds is 5. The predicted octanol–water partition coefficient (Wildman–Crippen LogP) is 2.30. The van der Waals surface area contributed by atoms with Gasteiger partial charge in [-0.25, -0.2) is 0 Å². The molecule has 1 unspecified atom stereocenters. The lowest BCUT2D eigenvalue weighted by molar-refractivity contribution is -0.132. The van der Waals surface area contributed by atoms with Gasteiger partial charge < -0.3 is 15.7 Å². The van der Waals surface area contributed by atoms with Gasteiger partial charge in [0.25, 0.3) is 0 Å². The number of primary amides is 1. The summed E-state index contributed by atoms with van der Waals surface area (Å²) in [5, 5.41) is 10.5. The van der Waals surface area contributed by atoms with Gasteiger partial charge in [-0.05, 0) is 36.0 Å². The zero-order valence-corrected chi connectivity index (χ0v) is 14.7. The molecule has 5 nitrogen and oxygen atoms in total. The average molecular weight is 352 g/mol. The molecule has 5 heteroatoms. The highest BCUT2D eigenvalue weighted by Gasteiger charge is 2.28. The van der Waals surface area contributed by atoms with Crippen LogP contribution in [0.1, 0.15) is 40.4 Å². The van der Waals surface area contributed by atoms with Gasteiger partial charge in [0.2, 0.25) is 11.8 Å². The molecule has 0 spiro atoms. The van der Waals surface area contributed by atoms with E-state index in [1.807, 2.05) is 35.2 Å². The Morgan fingerprint density at radius 3 is 2.31 bits per heavy atom. The molecular formula is C21H24N2O3. The number of likely N-dealkylation sites (tertiary alicyclic amines) is 1. The number of aliphatic hydroxyl groups excluding tert-OH is 1. The molecule has 1 heterocycles. The number of hydrogen-bond acceptors (Lipinski definition) is 3. The van der Waals surface area contributed by atoms with Gasteiger partial charge >= 0.3 is 0 Å². The number of amides is 2. The molecular weight excluding hydrogens is 328 g/mol. The maximum Gasteiger partial charge on any atom is 0.248 e. The molecule has 3 rings (SSSR count). The van der Waals surface area contributed by atoms with Crippen molar-refractivity contribution >= 4 is 11.8 Å². The lowest BCUT2D eigenvalue weighted by Gasteiger charge is -2.34. The van der Waals surface area contributed by atoms with Crippen LogP contribution in [-0.4, -0.2) is 34.9 Å². The topological polar surface area (TPSA) is 83.6 Å². The Morgan fingerprint density at radius 2 is 1.65 bits per heavy atom. The van der Waals surface area contributed by atoms with Gasteiger partial charge in [0, 0.05) is 18.7 Å². The SMILES string of the molecule is NC(=O)c1ccccc1CC(=O)N1CCC(C(O)c2ccccc2)CC1. The van der Waals surface area contributed by atoms with E-state index >= 15 is 0 Å². The Kier molecular flexibility index (Phi) is 5.68. The molecule has 1 aliphatic rings. The summed E-state index contributed by atoms with van der Waals surface area (Å²) in [7, 11) is 0. The van der Waals surface area contributed by atoms with Gasteiger partial charge in [-0.1, -0.05) is 48.5 Å². The van der Waals surface area contributed by atoms with Crippen LogP contribution in [0.2, 0.25) is 0 Å². The molecule has 1 fully saturated rings. The number of benzene rings is 2. The fourth-order valence-electron chi connectivity index (χ4n) is 3.58. The van der Waals surface area contributed by atoms with Crippen LogP contribution in [0.5, 0.6) is 0 Å². The number of carbonyl (C=O) groups is 2. The number of nitrogens with two attached hydrogens (primary N) is 1. The molecule has 0 saturated carbocycles. The predicted molar refractivity (Wildman–Crippen MR) is 99.4 cm³/mol. The number of aliphatic hydroxyl groups is 1. The van der Waals surface area contributed by atoms with Gasteiger partial charge in [0.1, 0.15) is 0 Å². The molecule has 0 radical (unpaired) electrons. The quantitative estimate of drug-likeness (QED) is 0.866. The van der Waals surface area contributed by atoms with Gasteiger partial charge in [-0.3, -0.25) is 9.59 Å². The number of hydrogen-bond donors (Lipinski definition) is 2. The third kappa shape index (κ3) is 4.11. The number of piperidine rings is 1. The first kappa shape index (κ1) is 18.1. The molecule has 1 saturated heterocycles. The average Bonchev–Trinajstić information content (AvgIpc) is 2.68. The van der Waals surface area contributed by atoms with Crippen LogP contribution < -0.4 is 5.73 Å². The van der Waals surface area contributed by atoms with E-state index in [1.165, 1.54) is 0 Å². The van der Waals surface area contributed by atoms with E-state index in [-0.39, 0.29) is 18.2 Å². The summed E-state index contributed by atoms with van der Waals surface area (Å²) >= 11 is 0. The van der Waals surface area contributed by atoms with Crippen LogP contribution in [0.25, 0.3) is 0 Å². The summed E-state index contributed by atoms with van der Waals surface area (Å²) in [4.78, 5) is 25.9. The van der Waals surface area contributed by atoms with E-state index in [0.717, 1.165) is 18.4 Å². The van der Waals surface area contributed by atoms with E-state index in [1.54, 1.807) is 24.3 Å². The minimum Gasteiger partial charge on any atom is -0.388 e. The zero-order chi connectivity index (χ0) is 18.5. The lowest BCUT2D eigenvalue weighted by atomic mass is 9.87. The Hall–Kier alpha value is -2.66. The molecule has 1 atom stereocenters. The van der Waals surface area contributed by atoms with Crippen molar-refractivity contribution in [3.05, 3.63) is 71.3 Å². The van der Waals surface area contributed by atoms with Crippen molar-refractivity contribution in [1.82, 2.24) is 4.90 Å². The van der Waals surface area contributed by atoms with E-state index < -0.39 is 12.0 Å². The monoisotopic (exact) mass is 352 g/mol. The van der Waals surface area contributed by atoms with Crippen molar-refractivity contribution in [2.24, 2.45) is 11.7 Å². The van der Waals surface area contributed by atoms with Crippen LogP contribution in [0.4, 0.5) is 0 Å². The van der Waals surface area contributed by atoms with Crippen molar-refractivity contribution in [2.45, 2.75) is 25.4 Å². The first-order chi connectivity index (χ1) is 12.6. The highest BCUT2D eigenvalue weighted by Crippen LogP contribution is 2.30. The molecule has 0 bridgehead atoms. The second-order valence-electron chi connectivity index (χ2n) is 6.77. The van der Waals surface area contributed by atoms with Crippen molar-refractivity contribution < 1.29 is 14.7 Å². The third-order valence-corrected chi connectivity index (χ3v) is 5.10. The zero-order valence-electron chi connectivity index (χ0n) is 14.7. The van der Waals surface area contributed by atoms with Crippen molar-refractivity contribution in [3.63, 3.8) is 0 Å². The van der Waals surface area contributed by atoms with Crippen LogP contribution >= 0.6 is 0 Å². The second-order valence-corrected chi connectivity index (χ2v) is 6.77. The summed E-state index contributed by atoms with van der Waals surface area (Å²) < 4.78 is 0. The highest BCUT2D eigenvalue weighted by atomic mass is 16.3. The summed E-state index contributed by atoms with van der Waals surface area (Å²) in [6, 6.07) is 16.6. The van der Waals surface area contributed by atoms with Gasteiger partial charge in [0.15, 0.2) is 0 Å². The van der Waals surface area contributed by atoms with Gasteiger partial charge in [-0.2, -0.15) is 0 Å². The first-order valence-corrected chi connectivity index (χ1v) is 8.94. The van der Waals surface area contributed by atoms with Crippen LogP contribution in [0.15, 0.2) is 54.6 Å². The van der Waals surface area contributed by atoms with Crippen molar-refractivity contribution in [1.29, 1.82) is 0 Å². The van der Waals surface area contributed by atoms with Crippen LogP contribution in [-0.2, 0) is 11.2 Å². The number of nitrogens with zero attached hydrogens (tertiary/aromatic N) is 1. The maximum atomic E-state index is 12.6. The van der Waals surface area contributed by atoms with E-state index in [9.17, 15) is 14.7 Å². The fraction of sp³-hybridized carbons (Fsp3) is 0.333. The Morgan fingerprint density at radius 1 is 1.04 bits per heavy atom. The summed E-state index contributed by atoms with van der Waals surface area (Å²) in [5.74, 6) is -0.371. The van der Waals surface area contributed by atoms with E-state index in [0.29, 0.717) is 24.2 Å². The molecule has 3 N–H and O–H groups in total. The lowest BCUT2D eigenvalue weighted by Crippen LogP contribution is -2.40. The smallest absolute Gasteiger partial charge is 0.248 e. The third-order valence-electron chi connectivity index (χ3n) is 5.10. The molecule has 0 aromatic heterocycles. The molecule has 0 aliphatic carbocycles. The molecule has 2 aromatic carbocycles. The van der Waals surface area contributed by atoms with Gasteiger partial charge in [-0.15, -0.1) is 0 Å². The summed E-state index contributed by atoms with van der Waals surface area (Å²) in [6.07, 6.45) is 1.20. The summed E-state index contributed by atoms with van der Waals surface area (Å²) in [5.41, 5.74) is 7.37. The maximum absolute atomic E-state index is 12.6. The largest absolute Gasteiger partial charge is 0.388 e. The van der Waals surface area contributed by atoms with Crippen LogP contribution in [0.3, 0.4) is 0 Å². The number of carbonyl (C=O) groups excluding carboxylic acids is 2. The normalized spacial score (nSPS) is 16.3. The Bertz CT molecular complexity index is 768. The highest BCUT2D eigenvalue weighted by molar-refractivity contribution is 5.95. The first-order valence-electron chi connectivity index (χ1n) is 8.94. The van der Waals surface area contributed by atoms with E-state index in [4.69, 9.17) is 5.73 Å². The standard InChI is InChI=1S/C21H24N2O3/c22-21(26)18-9-5-4-8-17(18)14-19(24)23-12-10-16(11-13-23)20(25)15-6-2-1-3-7-15/h1-9,16,20,25H,10-14H2,(H2,22,26). The van der Waals surface area contributed by atoms with Crippen LogP contribution in [0, 0.1) is 5.92 Å². The molecule has 26 heavy (non-hydrogen) atoms. The molecule has 2 amide bonds. The summed E-state index contributed by atoms with van der Waals surface area (Å²) in [6.45, 7) is 1.23. The Balaban J connectivity index is 1.58. The minimum atomic E-state index is -0.516. The molecule has 1 aliphatic heterocycles. The van der Waals surface area contributed by atoms with Gasteiger partial charge in [0.05, 0.1) is 12.5 Å².